The smallest absolute Gasteiger partial charge is 0.341 e. The van der Waals surface area contributed by atoms with Crippen molar-refractivity contribution in [1.82, 2.24) is 9.47 Å². The molecule has 0 radical (unpaired) electrons. The number of rotatable bonds is 6. The quantitative estimate of drug-likeness (QED) is 0.810. The zero-order valence-corrected chi connectivity index (χ0v) is 12.1. The molecule has 0 aliphatic carbocycles. The lowest BCUT2D eigenvalue weighted by Gasteiger charge is -2.21. The lowest BCUT2D eigenvalue weighted by atomic mass is 10.2. The predicted molar refractivity (Wildman–Crippen MR) is 72.9 cm³/mol. The number of carbonyl (C=O) groups is 1. The molecule has 118 valence electrons. The Balaban J connectivity index is 2.91. The minimum atomic E-state index is -4.54. The van der Waals surface area contributed by atoms with Crippen LogP contribution in [0.25, 0.3) is 0 Å². The van der Waals surface area contributed by atoms with E-state index in [1.165, 1.54) is 4.90 Å². The Hall–Kier alpha value is -1.79. The van der Waals surface area contributed by atoms with Gasteiger partial charge in [-0.15, -0.1) is 0 Å². The Morgan fingerprint density at radius 1 is 1.29 bits per heavy atom. The highest BCUT2D eigenvalue weighted by Crippen LogP contribution is 2.27. The molecule has 0 atom stereocenters. The summed E-state index contributed by atoms with van der Waals surface area (Å²) < 4.78 is 38.7. The molecule has 1 heterocycles. The summed E-state index contributed by atoms with van der Waals surface area (Å²) >= 11 is 0. The van der Waals surface area contributed by atoms with Gasteiger partial charge in [0.2, 0.25) is 5.91 Å². The molecular weight excluding hydrogens is 285 g/mol. The van der Waals surface area contributed by atoms with E-state index in [2.05, 4.69) is 0 Å². The Kier molecular flexibility index (Phi) is 5.99. The molecular formula is C14H19F3N2O2. The van der Waals surface area contributed by atoms with Crippen LogP contribution in [0, 0.1) is 0 Å². The molecule has 0 fully saturated rings. The van der Waals surface area contributed by atoms with Gasteiger partial charge in [-0.05, 0) is 19.4 Å². The fourth-order valence-electron chi connectivity index (χ4n) is 1.88. The summed E-state index contributed by atoms with van der Waals surface area (Å²) in [6.07, 6.45) is -2.12. The monoisotopic (exact) mass is 304 g/mol. The van der Waals surface area contributed by atoms with Crippen molar-refractivity contribution < 1.29 is 18.0 Å². The summed E-state index contributed by atoms with van der Waals surface area (Å²) in [4.78, 5) is 25.2. The molecule has 0 N–H and O–H groups in total. The standard InChI is InChI=1S/C14H19F3N2O2/c1-3-5-8-18(4-2)13(21)10-19-9-11(14(15,16)17)6-7-12(19)20/h6-7,9H,3-5,8,10H2,1-2H3. The fourth-order valence-corrected chi connectivity index (χ4v) is 1.88. The third kappa shape index (κ3) is 4.91. The number of aromatic nitrogens is 1. The molecule has 0 aliphatic rings. The maximum atomic E-state index is 12.6. The van der Waals surface area contributed by atoms with E-state index in [0.717, 1.165) is 29.5 Å². The van der Waals surface area contributed by atoms with Crippen LogP contribution in [0.1, 0.15) is 32.3 Å². The van der Waals surface area contributed by atoms with Gasteiger partial charge in [0.15, 0.2) is 0 Å². The van der Waals surface area contributed by atoms with Gasteiger partial charge in [0.1, 0.15) is 6.54 Å². The molecule has 21 heavy (non-hydrogen) atoms. The number of hydrogen-bond acceptors (Lipinski definition) is 2. The number of nitrogens with zero attached hydrogens (tertiary/aromatic N) is 2. The van der Waals surface area contributed by atoms with E-state index in [1.807, 2.05) is 6.92 Å². The van der Waals surface area contributed by atoms with E-state index in [0.29, 0.717) is 19.3 Å². The van der Waals surface area contributed by atoms with Gasteiger partial charge >= 0.3 is 6.18 Å². The maximum Gasteiger partial charge on any atom is 0.417 e. The van der Waals surface area contributed by atoms with Crippen molar-refractivity contribution in [2.45, 2.75) is 39.4 Å². The largest absolute Gasteiger partial charge is 0.417 e. The van der Waals surface area contributed by atoms with E-state index in [-0.39, 0.29) is 12.5 Å². The Labute approximate surface area is 121 Å². The summed E-state index contributed by atoms with van der Waals surface area (Å²) in [6.45, 7) is 4.41. The number of unbranched alkanes of at least 4 members (excludes halogenated alkanes) is 1. The van der Waals surface area contributed by atoms with Gasteiger partial charge in [0.05, 0.1) is 5.56 Å². The highest BCUT2D eigenvalue weighted by Gasteiger charge is 2.31. The SMILES string of the molecule is CCCCN(CC)C(=O)Cn1cc(C(F)(F)F)ccc1=O. The number of halogens is 3. The van der Waals surface area contributed by atoms with E-state index in [1.54, 1.807) is 6.92 Å². The Bertz CT molecular complexity index is 538. The van der Waals surface area contributed by atoms with E-state index in [4.69, 9.17) is 0 Å². The van der Waals surface area contributed by atoms with Crippen molar-refractivity contribution >= 4 is 5.91 Å². The van der Waals surface area contributed by atoms with E-state index >= 15 is 0 Å². The molecule has 1 rings (SSSR count). The van der Waals surface area contributed by atoms with Crippen molar-refractivity contribution in [2.24, 2.45) is 0 Å². The van der Waals surface area contributed by atoms with Gasteiger partial charge < -0.3 is 9.47 Å². The van der Waals surface area contributed by atoms with Crippen LogP contribution in [0.4, 0.5) is 13.2 Å². The van der Waals surface area contributed by atoms with Crippen LogP contribution in [-0.2, 0) is 17.5 Å². The van der Waals surface area contributed by atoms with Gasteiger partial charge in [-0.25, -0.2) is 0 Å². The lowest BCUT2D eigenvalue weighted by Crippen LogP contribution is -2.37. The number of hydrogen-bond donors (Lipinski definition) is 0. The van der Waals surface area contributed by atoms with Crippen molar-refractivity contribution in [1.29, 1.82) is 0 Å². The summed E-state index contributed by atoms with van der Waals surface area (Å²) in [5, 5.41) is 0. The zero-order chi connectivity index (χ0) is 16.0. The molecule has 1 aromatic heterocycles. The molecule has 0 saturated heterocycles. The first-order valence-electron chi connectivity index (χ1n) is 6.85. The molecule has 7 heteroatoms. The van der Waals surface area contributed by atoms with Crippen LogP contribution in [0.15, 0.2) is 23.1 Å². The second kappa shape index (κ2) is 7.28. The van der Waals surface area contributed by atoms with Crippen LogP contribution in [0.2, 0.25) is 0 Å². The van der Waals surface area contributed by atoms with Gasteiger partial charge in [-0.1, -0.05) is 13.3 Å². The summed E-state index contributed by atoms with van der Waals surface area (Å²) in [5.74, 6) is -0.354. The summed E-state index contributed by atoms with van der Waals surface area (Å²) in [7, 11) is 0. The lowest BCUT2D eigenvalue weighted by molar-refractivity contribution is -0.138. The normalized spacial score (nSPS) is 11.5. The van der Waals surface area contributed by atoms with Gasteiger partial charge in [0, 0.05) is 25.4 Å². The average molecular weight is 304 g/mol. The second-order valence-electron chi connectivity index (χ2n) is 4.71. The van der Waals surface area contributed by atoms with Crippen LogP contribution in [-0.4, -0.2) is 28.5 Å². The van der Waals surface area contributed by atoms with Gasteiger partial charge in [-0.3, -0.25) is 9.59 Å². The van der Waals surface area contributed by atoms with Crippen molar-refractivity contribution in [3.63, 3.8) is 0 Å². The Morgan fingerprint density at radius 3 is 2.48 bits per heavy atom. The van der Waals surface area contributed by atoms with Crippen LogP contribution >= 0.6 is 0 Å². The van der Waals surface area contributed by atoms with Gasteiger partial charge in [0.25, 0.3) is 5.56 Å². The third-order valence-electron chi connectivity index (χ3n) is 3.13. The van der Waals surface area contributed by atoms with E-state index < -0.39 is 17.3 Å². The highest BCUT2D eigenvalue weighted by molar-refractivity contribution is 5.75. The first kappa shape index (κ1) is 17.3. The fraction of sp³-hybridized carbons (Fsp3) is 0.571. The van der Waals surface area contributed by atoms with Crippen LogP contribution in [0.5, 0.6) is 0 Å². The van der Waals surface area contributed by atoms with E-state index in [9.17, 15) is 22.8 Å². The first-order valence-corrected chi connectivity index (χ1v) is 6.85. The number of pyridine rings is 1. The number of carbonyl (C=O) groups excluding carboxylic acids is 1. The summed E-state index contributed by atoms with van der Waals surface area (Å²) in [5.41, 5.74) is -1.56. The first-order chi connectivity index (χ1) is 9.79. The molecule has 1 aromatic rings. The van der Waals surface area contributed by atoms with Crippen molar-refractivity contribution in [3.05, 3.63) is 34.2 Å². The highest BCUT2D eigenvalue weighted by atomic mass is 19.4. The molecule has 0 unspecified atom stereocenters. The van der Waals surface area contributed by atoms with Gasteiger partial charge in [-0.2, -0.15) is 13.2 Å². The molecule has 0 bridgehead atoms. The number of amides is 1. The minimum Gasteiger partial charge on any atom is -0.341 e. The van der Waals surface area contributed by atoms with Crippen molar-refractivity contribution in [3.8, 4) is 0 Å². The predicted octanol–water partition coefficient (Wildman–Crippen LogP) is 2.52. The maximum absolute atomic E-state index is 12.6. The molecule has 4 nitrogen and oxygen atoms in total. The number of alkyl halides is 3. The molecule has 0 aliphatic heterocycles. The second-order valence-corrected chi connectivity index (χ2v) is 4.71. The third-order valence-corrected chi connectivity index (χ3v) is 3.13. The van der Waals surface area contributed by atoms with Crippen molar-refractivity contribution in [2.75, 3.05) is 13.1 Å². The topological polar surface area (TPSA) is 42.3 Å². The summed E-state index contributed by atoms with van der Waals surface area (Å²) in [6, 6.07) is 1.55. The minimum absolute atomic E-state index is 0.354. The number of likely N-dealkylation sites (N-methyl/N-ethyl adjacent to an activating group) is 1. The molecule has 0 spiro atoms. The molecule has 0 aromatic carbocycles. The van der Waals surface area contributed by atoms with Crippen LogP contribution in [0.3, 0.4) is 0 Å². The zero-order valence-electron chi connectivity index (χ0n) is 12.1. The molecule has 0 saturated carbocycles. The average Bonchev–Trinajstić information content (AvgIpc) is 2.41. The van der Waals surface area contributed by atoms with Crippen LogP contribution < -0.4 is 5.56 Å². The Morgan fingerprint density at radius 2 is 1.95 bits per heavy atom. The molecule has 1 amide bonds.